The van der Waals surface area contributed by atoms with Gasteiger partial charge in [0.2, 0.25) is 11.0 Å². The van der Waals surface area contributed by atoms with Gasteiger partial charge in [0.15, 0.2) is 27.1 Å². The number of benzene rings is 1. The summed E-state index contributed by atoms with van der Waals surface area (Å²) in [6.45, 7) is 5.86. The van der Waals surface area contributed by atoms with Gasteiger partial charge in [-0.2, -0.15) is 0 Å². The number of H-pyrrole nitrogens is 2. The lowest BCUT2D eigenvalue weighted by Crippen LogP contribution is -2.44. The van der Waals surface area contributed by atoms with E-state index in [0.717, 1.165) is 11.3 Å². The van der Waals surface area contributed by atoms with E-state index in [-0.39, 0.29) is 28.6 Å². The first kappa shape index (κ1) is 56.9. The molecule has 1 aromatic carbocycles. The van der Waals surface area contributed by atoms with Crippen LogP contribution in [0.3, 0.4) is 0 Å². The van der Waals surface area contributed by atoms with Crippen molar-refractivity contribution < 1.29 is 69.2 Å². The molecule has 0 aliphatic carbocycles. The van der Waals surface area contributed by atoms with E-state index >= 15 is 0 Å². The van der Waals surface area contributed by atoms with Crippen LogP contribution in [0.1, 0.15) is 34.4 Å². The molecule has 1 amide bonds. The van der Waals surface area contributed by atoms with Crippen LogP contribution in [-0.4, -0.2) is 193 Å². The number of thiazole rings is 1. The van der Waals surface area contributed by atoms with Crippen LogP contribution in [-0.2, 0) is 30.9 Å². The highest BCUT2D eigenvalue weighted by atomic mass is 32.4. The fourth-order valence-electron chi connectivity index (χ4n) is 6.56. The van der Waals surface area contributed by atoms with Crippen molar-refractivity contribution in [2.75, 3.05) is 63.2 Å². The highest BCUT2D eigenvalue weighted by Crippen LogP contribution is 2.65. The number of nitrogen functional groups attached to an aromatic ring is 3. The molecule has 17 N–H and O–H groups in total. The molecule has 4 aliphatic heterocycles. The lowest BCUT2D eigenvalue weighted by molar-refractivity contribution is -0.672. The number of carbonyl (C=O) groups excluding carboxylic acids is 1. The highest BCUT2D eigenvalue weighted by Gasteiger charge is 2.51. The number of para-hydroxylation sites is 2. The molecular weight excluding hydrogens is 1070 g/mol. The minimum atomic E-state index is -2.74. The summed E-state index contributed by atoms with van der Waals surface area (Å²) in [6, 6.07) is 6.31. The number of nitrogens with two attached hydrogens (primary N) is 4. The standard InChI is InChI=1S/C9H12N2O5S.C7H6N4O2.C6H12N3PS.C6H8O7.C5H5N5S.C5H5N5/c10-8(15)3-2-17-9(11-3)7-6(14)5(13)4(1-12)16-7;8-7-9-11(13)6-4-2-1-3-5(6)10(7)12;11-10(7-1-2-7,8-3-4-8)9-5-6-9;7-3(8)1-6(13,5(11)12)2-4(9)10;6-5-9-3-2(4(11)10-5)7-1-8-3;6-10-3-9-4-1-7-2-8-5(4)10/h2,4-7,12-14H,1H2,(H2,10,15);1-4H,(H2,8,9);1-6H2;13H,1-2H2,(H,7,8)(H,9,10)(H,11,12);1H,(H4,6,7,8,9,10,11);1-3H,6H2/t4-,5-,6-,7-;;;;;/m1...../s1. The molecule has 37 heteroatoms. The highest BCUT2D eigenvalue weighted by molar-refractivity contribution is 8.11. The van der Waals surface area contributed by atoms with Crippen LogP contribution < -0.4 is 32.6 Å². The van der Waals surface area contributed by atoms with Crippen molar-refractivity contribution in [2.24, 2.45) is 5.73 Å². The van der Waals surface area contributed by atoms with Gasteiger partial charge in [-0.05, 0) is 17.9 Å². The summed E-state index contributed by atoms with van der Waals surface area (Å²) < 4.78 is 14.9. The monoisotopic (exact) mass is 1120 g/mol. The topological polar surface area (TPSA) is 513 Å². The Morgan fingerprint density at radius 2 is 1.53 bits per heavy atom. The summed E-state index contributed by atoms with van der Waals surface area (Å²) in [5, 5.41) is 89.5. The first-order valence-electron chi connectivity index (χ1n) is 21.6. The van der Waals surface area contributed by atoms with Gasteiger partial charge in [-0.1, -0.05) is 24.4 Å². The fraction of sp³-hybridized carbons (Fsp3) is 0.368. The van der Waals surface area contributed by atoms with Crippen molar-refractivity contribution in [3.8, 4) is 0 Å². The molecule has 0 spiro atoms. The van der Waals surface area contributed by atoms with E-state index in [9.17, 15) is 39.8 Å². The van der Waals surface area contributed by atoms with Crippen LogP contribution in [0, 0.1) is 15.1 Å². The van der Waals surface area contributed by atoms with E-state index in [1.54, 1.807) is 18.3 Å². The van der Waals surface area contributed by atoms with Gasteiger partial charge in [-0.15, -0.1) is 11.3 Å². The molecule has 0 bridgehead atoms. The molecule has 0 radical (unpaired) electrons. The van der Waals surface area contributed by atoms with Gasteiger partial charge in [-0.25, -0.2) is 58.1 Å². The van der Waals surface area contributed by atoms with Gasteiger partial charge < -0.3 is 78.2 Å². The Hall–Kier alpha value is -7.35. The third-order valence-electron chi connectivity index (χ3n) is 10.5. The van der Waals surface area contributed by atoms with E-state index in [0.29, 0.717) is 41.6 Å². The SMILES string of the molecule is NC(=O)c1csc([C@@H]2O[C@H](CO)[C@@H](O)[C@H]2O)n1.Nc1n[n+]([O-])c2ccccc2[n+]1[O-].Nc1nc(=S)c2[nH]cnc2[nH]1.Nn1cnc2cncnc21.O=C(O)CC(O)(CC(=O)O)C(=O)O.S=P(N1CC1)(N1CC1)N1CC1. The number of carboxylic acid groups (broad SMARTS) is 3. The number of rotatable bonds is 11. The molecule has 4 saturated heterocycles. The molecule has 402 valence electrons. The Bertz CT molecular complexity index is 3230. The predicted molar refractivity (Wildman–Crippen MR) is 266 cm³/mol. The molecule has 0 unspecified atom stereocenters. The summed E-state index contributed by atoms with van der Waals surface area (Å²) in [7, 11) is 0. The third-order valence-corrected chi connectivity index (χ3v) is 17.2. The number of anilines is 2. The fourth-order valence-corrected chi connectivity index (χ4v) is 12.1. The van der Waals surface area contributed by atoms with Crippen molar-refractivity contribution in [3.05, 3.63) is 80.6 Å². The van der Waals surface area contributed by atoms with Crippen molar-refractivity contribution in [3.63, 3.8) is 0 Å². The van der Waals surface area contributed by atoms with E-state index < -0.39 is 79.8 Å². The van der Waals surface area contributed by atoms with Crippen LogP contribution in [0.2, 0.25) is 0 Å². The maximum absolute atomic E-state index is 11.3. The first-order chi connectivity index (χ1) is 35.5. The molecule has 75 heavy (non-hydrogen) atoms. The number of ether oxygens (including phenoxy) is 1. The van der Waals surface area contributed by atoms with Gasteiger partial charge >= 0.3 is 23.9 Å². The number of aliphatic carboxylic acids is 3. The maximum Gasteiger partial charge on any atom is 0.458 e. The number of carbonyl (C=O) groups is 4. The van der Waals surface area contributed by atoms with Gasteiger partial charge in [-0.3, -0.25) is 20.1 Å². The van der Waals surface area contributed by atoms with Crippen LogP contribution in [0.5, 0.6) is 0 Å². The zero-order valence-electron chi connectivity index (χ0n) is 38.7. The van der Waals surface area contributed by atoms with Gasteiger partial charge in [0.25, 0.3) is 11.4 Å². The first-order valence-corrected chi connectivity index (χ1v) is 25.5. The number of aliphatic hydroxyl groups is 4. The molecule has 6 aromatic heterocycles. The third kappa shape index (κ3) is 14.3. The maximum atomic E-state index is 11.3. The second-order valence-electron chi connectivity index (χ2n) is 16.0. The quantitative estimate of drug-likeness (QED) is 0.0149. The number of primary amides is 1. The van der Waals surface area contributed by atoms with Crippen molar-refractivity contribution in [2.45, 2.75) is 42.9 Å². The van der Waals surface area contributed by atoms with Crippen molar-refractivity contribution in [1.82, 2.24) is 63.7 Å². The van der Waals surface area contributed by atoms with Crippen molar-refractivity contribution in [1.29, 1.82) is 0 Å². The number of nitrogens with zero attached hydrogens (tertiary/aromatic N) is 13. The number of hydrogen-bond acceptors (Lipinski definition) is 24. The zero-order valence-corrected chi connectivity index (χ0v) is 42.0. The minimum absolute atomic E-state index is 0.0859. The number of amides is 1. The van der Waals surface area contributed by atoms with Gasteiger partial charge in [0, 0.05) is 55.6 Å². The Balaban J connectivity index is 0.000000147. The Morgan fingerprint density at radius 3 is 2.04 bits per heavy atom. The number of nitrogens with one attached hydrogen (secondary N) is 2. The molecular formula is C38H48N19O14PS3. The van der Waals surface area contributed by atoms with E-state index in [2.05, 4.69) is 59.0 Å². The summed E-state index contributed by atoms with van der Waals surface area (Å²) in [5.74, 6) is -0.313. The number of aromatic nitrogens is 12. The van der Waals surface area contributed by atoms with E-state index in [1.807, 2.05) is 0 Å². The number of fused-ring (bicyclic) bond motifs is 3. The van der Waals surface area contributed by atoms with E-state index in [1.165, 1.54) is 80.4 Å². The van der Waals surface area contributed by atoms with Gasteiger partial charge in [0.05, 0.1) is 32.0 Å². The molecule has 4 aliphatic rings. The predicted octanol–water partition coefficient (Wildman–Crippen LogP) is -3.47. The van der Waals surface area contributed by atoms with Gasteiger partial charge in [0.1, 0.15) is 65.3 Å². The minimum Gasteiger partial charge on any atom is -0.739 e. The second kappa shape index (κ2) is 24.3. The van der Waals surface area contributed by atoms with Crippen LogP contribution in [0.15, 0.2) is 54.8 Å². The number of aromatic amines is 2. The lowest BCUT2D eigenvalue weighted by Gasteiger charge is -2.25. The summed E-state index contributed by atoms with van der Waals surface area (Å²) in [4.78, 5) is 70.6. The normalized spacial score (nSPS) is 18.8. The Labute approximate surface area is 434 Å². The molecule has 0 saturated carbocycles. The van der Waals surface area contributed by atoms with Crippen molar-refractivity contribution >= 4 is 111 Å². The van der Waals surface area contributed by atoms with Crippen LogP contribution in [0.4, 0.5) is 11.9 Å². The summed E-state index contributed by atoms with van der Waals surface area (Å²) in [5.41, 5.74) is 16.1. The smallest absolute Gasteiger partial charge is 0.458 e. The average Bonchev–Trinajstić information content (AvgIpc) is 4.33. The second-order valence-corrected chi connectivity index (χ2v) is 21.5. The molecule has 4 atom stereocenters. The molecule has 4 fully saturated rings. The number of imidazole rings is 2. The molecule has 11 rings (SSSR count). The Kier molecular flexibility index (Phi) is 18.5. The van der Waals surface area contributed by atoms with E-state index in [4.69, 9.17) is 77.3 Å². The van der Waals surface area contributed by atoms with Crippen LogP contribution in [0.25, 0.3) is 33.4 Å². The Morgan fingerprint density at radius 1 is 0.933 bits per heavy atom. The van der Waals surface area contributed by atoms with Crippen LogP contribution >= 0.6 is 30.0 Å². The molecule has 33 nitrogen and oxygen atoms in total. The summed E-state index contributed by atoms with van der Waals surface area (Å²) in [6.07, 6.45) is -0.249. The lowest BCUT2D eigenvalue weighted by atomic mass is 9.96. The number of carboxylic acids is 3. The molecule has 10 heterocycles. The molecule has 7 aromatic rings. The average molecular weight is 1120 g/mol. The largest absolute Gasteiger partial charge is 0.739 e. The number of hydrogen-bond donors (Lipinski definition) is 13. The number of aliphatic hydroxyl groups excluding tert-OH is 3. The summed E-state index contributed by atoms with van der Waals surface area (Å²) >= 11 is 11.8. The zero-order chi connectivity index (χ0) is 54.9.